The molecule has 4 rings (SSSR count). The van der Waals surface area contributed by atoms with E-state index in [-0.39, 0.29) is 12.4 Å². The number of benzene rings is 2. The number of rotatable bonds is 5. The summed E-state index contributed by atoms with van der Waals surface area (Å²) in [6, 6.07) is 10.8. The van der Waals surface area contributed by atoms with Crippen LogP contribution in [0, 0.1) is 17.6 Å². The highest BCUT2D eigenvalue weighted by Crippen LogP contribution is 2.34. The monoisotopic (exact) mass is 475 g/mol. The fraction of sp³-hybridized carbons (Fsp3) is 0.250. The van der Waals surface area contributed by atoms with E-state index in [1.165, 1.54) is 17.2 Å². The summed E-state index contributed by atoms with van der Waals surface area (Å²) >= 11 is 1.63. The van der Waals surface area contributed by atoms with E-state index in [2.05, 4.69) is 29.0 Å². The molecule has 32 heavy (non-hydrogen) atoms. The molecule has 0 bridgehead atoms. The normalized spacial score (nSPS) is 13.8. The van der Waals surface area contributed by atoms with Crippen molar-refractivity contribution in [3.8, 4) is 0 Å². The van der Waals surface area contributed by atoms with Gasteiger partial charge in [-0.2, -0.15) is 0 Å². The van der Waals surface area contributed by atoms with Crippen LogP contribution in [0.15, 0.2) is 59.6 Å². The minimum atomic E-state index is -0.884. The van der Waals surface area contributed by atoms with Crippen molar-refractivity contribution >= 4 is 46.0 Å². The number of anilines is 2. The lowest BCUT2D eigenvalue weighted by Gasteiger charge is -2.32. The van der Waals surface area contributed by atoms with Crippen molar-refractivity contribution in [3.63, 3.8) is 0 Å². The molecule has 1 aromatic heterocycles. The lowest BCUT2D eigenvalue weighted by Crippen LogP contribution is -2.32. The van der Waals surface area contributed by atoms with Crippen molar-refractivity contribution in [2.24, 2.45) is 5.92 Å². The van der Waals surface area contributed by atoms with Gasteiger partial charge in [0.15, 0.2) is 5.13 Å². The molecular formula is C24H24ClF2N3OS. The van der Waals surface area contributed by atoms with Gasteiger partial charge in [-0.15, -0.1) is 23.7 Å². The number of nitrogens with one attached hydrogen (secondary N) is 1. The van der Waals surface area contributed by atoms with Crippen LogP contribution >= 0.6 is 23.7 Å². The highest BCUT2D eigenvalue weighted by atomic mass is 35.5. The minimum Gasteiger partial charge on any atom is -0.343 e. The number of halogens is 3. The van der Waals surface area contributed by atoms with Crippen LogP contribution in [0.5, 0.6) is 0 Å². The molecule has 0 saturated heterocycles. The van der Waals surface area contributed by atoms with Gasteiger partial charge in [0, 0.05) is 30.4 Å². The fourth-order valence-electron chi connectivity index (χ4n) is 3.89. The molecule has 0 saturated carbocycles. The summed E-state index contributed by atoms with van der Waals surface area (Å²) < 4.78 is 27.7. The van der Waals surface area contributed by atoms with Crippen LogP contribution in [0.3, 0.4) is 0 Å². The molecule has 0 unspecified atom stereocenters. The topological polar surface area (TPSA) is 45.2 Å². The molecule has 1 amide bonds. The maximum absolute atomic E-state index is 13.9. The van der Waals surface area contributed by atoms with Crippen LogP contribution in [0.4, 0.5) is 19.6 Å². The summed E-state index contributed by atoms with van der Waals surface area (Å²) in [5.41, 5.74) is 3.64. The van der Waals surface area contributed by atoms with E-state index < -0.39 is 23.1 Å². The highest BCUT2D eigenvalue weighted by Gasteiger charge is 2.23. The number of amides is 1. The van der Waals surface area contributed by atoms with E-state index in [1.807, 2.05) is 23.7 Å². The van der Waals surface area contributed by atoms with Gasteiger partial charge in [0.2, 0.25) is 0 Å². The van der Waals surface area contributed by atoms with E-state index in [4.69, 9.17) is 0 Å². The summed E-state index contributed by atoms with van der Waals surface area (Å²) in [6.45, 7) is 6.11. The summed E-state index contributed by atoms with van der Waals surface area (Å²) in [6.07, 6.45) is 2.79. The maximum atomic E-state index is 13.9. The Morgan fingerprint density at radius 3 is 2.41 bits per heavy atom. The number of carbonyl (C=O) groups is 1. The Labute approximate surface area is 196 Å². The van der Waals surface area contributed by atoms with E-state index in [0.29, 0.717) is 11.6 Å². The van der Waals surface area contributed by atoms with Crippen LogP contribution in [0.2, 0.25) is 0 Å². The Bertz CT molecular complexity index is 1090. The van der Waals surface area contributed by atoms with Gasteiger partial charge in [0.1, 0.15) is 17.2 Å². The van der Waals surface area contributed by atoms with Crippen molar-refractivity contribution in [1.29, 1.82) is 0 Å². The molecule has 0 atom stereocenters. The van der Waals surface area contributed by atoms with E-state index in [0.717, 1.165) is 42.3 Å². The first-order valence-electron chi connectivity index (χ1n) is 10.2. The molecule has 4 nitrogen and oxygen atoms in total. The number of carbonyl (C=O) groups excluding carboxylic acids is 1. The standard InChI is InChI=1S/C24H23F2N3OS.ClH/c1-15(2)18-10-12-29(24-27-11-13-31-24)14-19(18)16-6-8-17(9-7-16)28-23(30)22-20(25)4-3-5-21(22)26;/h3-9,11,13,15H,10,12,14H2,1-2H3,(H,28,30);1H. The van der Waals surface area contributed by atoms with Crippen LogP contribution in [-0.2, 0) is 0 Å². The van der Waals surface area contributed by atoms with Gasteiger partial charge in [-0.05, 0) is 47.7 Å². The van der Waals surface area contributed by atoms with Gasteiger partial charge in [-0.3, -0.25) is 4.79 Å². The second-order valence-corrected chi connectivity index (χ2v) is 8.65. The van der Waals surface area contributed by atoms with Crippen LogP contribution < -0.4 is 10.2 Å². The Morgan fingerprint density at radius 2 is 1.81 bits per heavy atom. The summed E-state index contributed by atoms with van der Waals surface area (Å²) in [7, 11) is 0. The third-order valence-corrected chi connectivity index (χ3v) is 6.29. The summed E-state index contributed by atoms with van der Waals surface area (Å²) in [5, 5.41) is 5.57. The number of hydrogen-bond donors (Lipinski definition) is 1. The third kappa shape index (κ3) is 5.00. The van der Waals surface area contributed by atoms with Crippen LogP contribution in [0.1, 0.15) is 36.2 Å². The minimum absolute atomic E-state index is 0. The third-order valence-electron chi connectivity index (χ3n) is 5.46. The summed E-state index contributed by atoms with van der Waals surface area (Å²) in [4.78, 5) is 19.1. The average Bonchev–Trinajstić information content (AvgIpc) is 3.29. The Hall–Kier alpha value is -2.77. The Balaban J connectivity index is 0.00000289. The van der Waals surface area contributed by atoms with Gasteiger partial charge in [0.05, 0.1) is 0 Å². The molecule has 168 valence electrons. The average molecular weight is 476 g/mol. The fourth-order valence-corrected chi connectivity index (χ4v) is 4.56. The Morgan fingerprint density at radius 1 is 1.12 bits per heavy atom. The first-order chi connectivity index (χ1) is 14.9. The second kappa shape index (κ2) is 10.2. The zero-order valence-corrected chi connectivity index (χ0v) is 19.4. The van der Waals surface area contributed by atoms with Crippen molar-refractivity contribution in [1.82, 2.24) is 4.98 Å². The van der Waals surface area contributed by atoms with Crippen molar-refractivity contribution in [3.05, 3.63) is 82.4 Å². The van der Waals surface area contributed by atoms with Crippen molar-refractivity contribution in [2.45, 2.75) is 20.3 Å². The summed E-state index contributed by atoms with van der Waals surface area (Å²) in [5.74, 6) is -2.15. The lowest BCUT2D eigenvalue weighted by atomic mass is 9.87. The number of aromatic nitrogens is 1. The molecule has 0 aliphatic carbocycles. The zero-order valence-electron chi connectivity index (χ0n) is 17.8. The molecule has 0 spiro atoms. The van der Waals surface area contributed by atoms with E-state index >= 15 is 0 Å². The first kappa shape index (κ1) is 23.9. The van der Waals surface area contributed by atoms with Crippen LogP contribution in [0.25, 0.3) is 5.57 Å². The Kier molecular flexibility index (Phi) is 7.64. The maximum Gasteiger partial charge on any atom is 0.261 e. The molecule has 1 aliphatic rings. The van der Waals surface area contributed by atoms with E-state index in [9.17, 15) is 13.6 Å². The van der Waals surface area contributed by atoms with Crippen LogP contribution in [-0.4, -0.2) is 24.0 Å². The SMILES string of the molecule is CC(C)C1=C(c2ccc(NC(=O)c3c(F)cccc3F)cc2)CN(c2nccs2)CC1.Cl. The molecule has 8 heteroatoms. The molecule has 0 fully saturated rings. The number of hydrogen-bond acceptors (Lipinski definition) is 4. The molecule has 3 aromatic rings. The predicted octanol–water partition coefficient (Wildman–Crippen LogP) is 6.42. The molecule has 2 aromatic carbocycles. The van der Waals surface area contributed by atoms with E-state index in [1.54, 1.807) is 23.5 Å². The van der Waals surface area contributed by atoms with Gasteiger partial charge in [-0.25, -0.2) is 13.8 Å². The highest BCUT2D eigenvalue weighted by molar-refractivity contribution is 7.13. The molecular weight excluding hydrogens is 452 g/mol. The second-order valence-electron chi connectivity index (χ2n) is 7.77. The number of thiazole rings is 1. The quantitative estimate of drug-likeness (QED) is 0.463. The smallest absolute Gasteiger partial charge is 0.261 e. The van der Waals surface area contributed by atoms with Gasteiger partial charge in [-0.1, -0.05) is 37.6 Å². The first-order valence-corrected chi connectivity index (χ1v) is 11.0. The lowest BCUT2D eigenvalue weighted by molar-refractivity contribution is 0.101. The van der Waals surface area contributed by atoms with Gasteiger partial charge >= 0.3 is 0 Å². The zero-order chi connectivity index (χ0) is 22.0. The molecule has 0 radical (unpaired) electrons. The molecule has 2 heterocycles. The van der Waals surface area contributed by atoms with Gasteiger partial charge in [0.25, 0.3) is 5.91 Å². The van der Waals surface area contributed by atoms with Gasteiger partial charge < -0.3 is 10.2 Å². The van der Waals surface area contributed by atoms with Crippen molar-refractivity contribution in [2.75, 3.05) is 23.3 Å². The van der Waals surface area contributed by atoms with Crippen molar-refractivity contribution < 1.29 is 13.6 Å². The largest absolute Gasteiger partial charge is 0.343 e. The molecule has 1 N–H and O–H groups in total. The molecule has 1 aliphatic heterocycles. The number of nitrogens with zero attached hydrogens (tertiary/aromatic N) is 2. The predicted molar refractivity (Wildman–Crippen MR) is 129 cm³/mol.